The summed E-state index contributed by atoms with van der Waals surface area (Å²) >= 11 is 0. The molecule has 0 unspecified atom stereocenters. The molecule has 1 aromatic carbocycles. The molecule has 4 rings (SSSR count). The lowest BCUT2D eigenvalue weighted by molar-refractivity contribution is 0.161. The van der Waals surface area contributed by atoms with E-state index in [2.05, 4.69) is 28.8 Å². The van der Waals surface area contributed by atoms with E-state index in [1.807, 2.05) is 37.5 Å². The van der Waals surface area contributed by atoms with Crippen molar-refractivity contribution in [3.05, 3.63) is 36.3 Å². The summed E-state index contributed by atoms with van der Waals surface area (Å²) in [6.45, 7) is 5.75. The van der Waals surface area contributed by atoms with Crippen molar-refractivity contribution in [3.8, 4) is 11.5 Å². The van der Waals surface area contributed by atoms with Gasteiger partial charge in [0.2, 0.25) is 0 Å². The normalized spacial score (nSPS) is 14.7. The van der Waals surface area contributed by atoms with Gasteiger partial charge in [-0.15, -0.1) is 0 Å². The molecular formula is C19H23N5O2. The molecule has 0 bridgehead atoms. The minimum Gasteiger partial charge on any atom is -0.493 e. The van der Waals surface area contributed by atoms with E-state index < -0.39 is 0 Å². The lowest BCUT2D eigenvalue weighted by Gasteiger charge is -2.40. The second-order valence-electron chi connectivity index (χ2n) is 6.86. The van der Waals surface area contributed by atoms with Gasteiger partial charge in [0, 0.05) is 13.0 Å². The highest BCUT2D eigenvalue weighted by molar-refractivity contribution is 5.87. The molecule has 0 spiro atoms. The van der Waals surface area contributed by atoms with Gasteiger partial charge in [-0.25, -0.2) is 9.97 Å². The summed E-state index contributed by atoms with van der Waals surface area (Å²) in [6.07, 6.45) is 1.94. The van der Waals surface area contributed by atoms with Crippen LogP contribution in [-0.4, -0.2) is 46.1 Å². The number of benzene rings is 1. The van der Waals surface area contributed by atoms with Crippen molar-refractivity contribution in [2.24, 2.45) is 7.05 Å². The van der Waals surface area contributed by atoms with Crippen LogP contribution in [0, 0.1) is 0 Å². The van der Waals surface area contributed by atoms with E-state index in [1.165, 1.54) is 0 Å². The van der Waals surface area contributed by atoms with Gasteiger partial charge >= 0.3 is 0 Å². The molecular weight excluding hydrogens is 330 g/mol. The number of anilines is 1. The van der Waals surface area contributed by atoms with Crippen molar-refractivity contribution >= 4 is 16.9 Å². The predicted octanol–water partition coefficient (Wildman–Crippen LogP) is 2.76. The molecule has 0 N–H and O–H groups in total. The zero-order valence-electron chi connectivity index (χ0n) is 15.5. The molecule has 1 aliphatic rings. The highest BCUT2D eigenvalue weighted by Crippen LogP contribution is 2.32. The zero-order chi connectivity index (χ0) is 18.3. The lowest BCUT2D eigenvalue weighted by Crippen LogP contribution is -2.54. The number of ether oxygens (including phenoxy) is 2. The molecule has 3 aromatic rings. The van der Waals surface area contributed by atoms with Crippen LogP contribution in [0.2, 0.25) is 0 Å². The van der Waals surface area contributed by atoms with Gasteiger partial charge in [0.05, 0.1) is 31.8 Å². The number of rotatable bonds is 5. The first-order valence-corrected chi connectivity index (χ1v) is 8.81. The summed E-state index contributed by atoms with van der Waals surface area (Å²) in [5.41, 5.74) is 0.868. The van der Waals surface area contributed by atoms with Crippen LogP contribution >= 0.6 is 0 Å². The van der Waals surface area contributed by atoms with Gasteiger partial charge in [0.1, 0.15) is 17.7 Å². The first kappa shape index (κ1) is 16.6. The van der Waals surface area contributed by atoms with Crippen LogP contribution in [0.1, 0.15) is 25.6 Å². The van der Waals surface area contributed by atoms with Crippen LogP contribution in [-0.2, 0) is 7.05 Å². The Bertz CT molecular complexity index is 931. The number of aryl methyl sites for hydroxylation is 1. The standard InChI is InChI=1S/C19H23N5O2/c1-12(2)17-21-18-14(9-20-23(18)3)19(22-17)24-10-13(11-24)26-16-8-6-5-7-15(16)25-4/h5-9,12-13H,10-11H2,1-4H3. The van der Waals surface area contributed by atoms with E-state index in [0.29, 0.717) is 0 Å². The molecule has 3 heterocycles. The van der Waals surface area contributed by atoms with Crippen LogP contribution in [0.4, 0.5) is 5.82 Å². The predicted molar refractivity (Wildman–Crippen MR) is 100 cm³/mol. The molecule has 136 valence electrons. The van der Waals surface area contributed by atoms with Crippen molar-refractivity contribution in [2.75, 3.05) is 25.1 Å². The summed E-state index contributed by atoms with van der Waals surface area (Å²) in [4.78, 5) is 11.7. The zero-order valence-corrected chi connectivity index (χ0v) is 15.5. The summed E-state index contributed by atoms with van der Waals surface area (Å²) in [6, 6.07) is 7.73. The third kappa shape index (κ3) is 2.83. The maximum atomic E-state index is 6.09. The van der Waals surface area contributed by atoms with Gasteiger partial charge in [-0.3, -0.25) is 4.68 Å². The van der Waals surface area contributed by atoms with Crippen LogP contribution in [0.25, 0.3) is 11.0 Å². The molecule has 7 nitrogen and oxygen atoms in total. The fraction of sp³-hybridized carbons (Fsp3) is 0.421. The van der Waals surface area contributed by atoms with Gasteiger partial charge in [-0.05, 0) is 12.1 Å². The van der Waals surface area contributed by atoms with Crippen molar-refractivity contribution in [1.29, 1.82) is 0 Å². The van der Waals surface area contributed by atoms with E-state index >= 15 is 0 Å². The Morgan fingerprint density at radius 2 is 1.85 bits per heavy atom. The highest BCUT2D eigenvalue weighted by atomic mass is 16.5. The maximum Gasteiger partial charge on any atom is 0.163 e. The molecule has 0 saturated carbocycles. The van der Waals surface area contributed by atoms with Gasteiger partial charge in [-0.2, -0.15) is 5.10 Å². The van der Waals surface area contributed by atoms with Gasteiger partial charge in [0.15, 0.2) is 17.1 Å². The van der Waals surface area contributed by atoms with Crippen molar-refractivity contribution in [3.63, 3.8) is 0 Å². The molecule has 7 heteroatoms. The summed E-state index contributed by atoms with van der Waals surface area (Å²) < 4.78 is 13.2. The number of nitrogens with zero attached hydrogens (tertiary/aromatic N) is 5. The number of para-hydroxylation sites is 2. The summed E-state index contributed by atoms with van der Waals surface area (Å²) in [5, 5.41) is 5.33. The van der Waals surface area contributed by atoms with Gasteiger partial charge in [0.25, 0.3) is 0 Å². The Morgan fingerprint density at radius 3 is 2.54 bits per heavy atom. The van der Waals surface area contributed by atoms with Crippen LogP contribution in [0.15, 0.2) is 30.5 Å². The first-order chi connectivity index (χ1) is 12.6. The quantitative estimate of drug-likeness (QED) is 0.703. The highest BCUT2D eigenvalue weighted by Gasteiger charge is 2.32. The minimum atomic E-state index is 0.107. The third-order valence-electron chi connectivity index (χ3n) is 4.62. The summed E-state index contributed by atoms with van der Waals surface area (Å²) in [7, 11) is 3.57. The maximum absolute atomic E-state index is 6.09. The average Bonchev–Trinajstić information content (AvgIpc) is 2.98. The fourth-order valence-electron chi connectivity index (χ4n) is 3.10. The lowest BCUT2D eigenvalue weighted by atomic mass is 10.1. The molecule has 26 heavy (non-hydrogen) atoms. The molecule has 2 aromatic heterocycles. The Morgan fingerprint density at radius 1 is 1.12 bits per heavy atom. The third-order valence-corrected chi connectivity index (χ3v) is 4.62. The van der Waals surface area contributed by atoms with Crippen LogP contribution in [0.3, 0.4) is 0 Å². The Hall–Kier alpha value is -2.83. The van der Waals surface area contributed by atoms with E-state index in [0.717, 1.165) is 47.3 Å². The summed E-state index contributed by atoms with van der Waals surface area (Å²) in [5.74, 6) is 3.56. The first-order valence-electron chi connectivity index (χ1n) is 8.81. The largest absolute Gasteiger partial charge is 0.493 e. The minimum absolute atomic E-state index is 0.107. The average molecular weight is 353 g/mol. The fourth-order valence-corrected chi connectivity index (χ4v) is 3.10. The topological polar surface area (TPSA) is 65.3 Å². The SMILES string of the molecule is COc1ccccc1OC1CN(c2nc(C(C)C)nc3c2cnn3C)C1. The van der Waals surface area contributed by atoms with E-state index in [-0.39, 0.29) is 12.0 Å². The molecule has 0 atom stereocenters. The van der Waals surface area contributed by atoms with Crippen LogP contribution in [0.5, 0.6) is 11.5 Å². The van der Waals surface area contributed by atoms with Crippen molar-refractivity contribution in [1.82, 2.24) is 19.7 Å². The Balaban J connectivity index is 1.55. The Labute approximate surface area is 152 Å². The number of hydrogen-bond donors (Lipinski definition) is 0. The molecule has 1 saturated heterocycles. The molecule has 0 radical (unpaired) electrons. The monoisotopic (exact) mass is 353 g/mol. The van der Waals surface area contributed by atoms with E-state index in [4.69, 9.17) is 14.5 Å². The van der Waals surface area contributed by atoms with E-state index in [1.54, 1.807) is 11.8 Å². The van der Waals surface area contributed by atoms with Gasteiger partial charge < -0.3 is 14.4 Å². The molecule has 0 aliphatic carbocycles. The number of methoxy groups -OCH3 is 1. The number of aromatic nitrogens is 4. The van der Waals surface area contributed by atoms with Crippen molar-refractivity contribution < 1.29 is 9.47 Å². The Kier molecular flexibility index (Phi) is 4.14. The number of fused-ring (bicyclic) bond motifs is 1. The molecule has 1 aliphatic heterocycles. The number of hydrogen-bond acceptors (Lipinski definition) is 6. The smallest absolute Gasteiger partial charge is 0.163 e. The second kappa shape index (κ2) is 6.48. The van der Waals surface area contributed by atoms with Crippen LogP contribution < -0.4 is 14.4 Å². The van der Waals surface area contributed by atoms with Crippen molar-refractivity contribution in [2.45, 2.75) is 25.9 Å². The second-order valence-corrected chi connectivity index (χ2v) is 6.86. The van der Waals surface area contributed by atoms with Gasteiger partial charge in [-0.1, -0.05) is 26.0 Å². The molecule has 0 amide bonds. The molecule has 1 fully saturated rings. The van der Waals surface area contributed by atoms with E-state index in [9.17, 15) is 0 Å².